The van der Waals surface area contributed by atoms with Crippen LogP contribution < -0.4 is 14.2 Å². The van der Waals surface area contributed by atoms with Crippen molar-refractivity contribution < 1.29 is 28.8 Å². The molecule has 0 saturated carbocycles. The molecule has 0 atom stereocenters. The van der Waals surface area contributed by atoms with Gasteiger partial charge in [0.15, 0.2) is 23.1 Å². The van der Waals surface area contributed by atoms with Gasteiger partial charge in [0, 0.05) is 34.6 Å². The van der Waals surface area contributed by atoms with Crippen molar-refractivity contribution in [2.45, 2.75) is 26.2 Å². The van der Waals surface area contributed by atoms with E-state index in [-0.39, 0.29) is 30.3 Å². The van der Waals surface area contributed by atoms with Crippen molar-refractivity contribution in [3.05, 3.63) is 48.2 Å². The smallest absolute Gasteiger partial charge is 0.230 e. The molecule has 2 aromatic heterocycles. The Morgan fingerprint density at radius 2 is 1.82 bits per heavy atom. The first kappa shape index (κ1) is 26.1. The van der Waals surface area contributed by atoms with Crippen LogP contribution in [-0.4, -0.2) is 76.6 Å². The standard InChI is InChI=1S/C28H33FN4O5/c1-18-12-19-21(32-18)4-5-23(26(19)29)38-27-20-13-24(36-2)25(14-22(20)30-17-31-27)37-11-3-8-33-9-6-28(15-34,16-35)7-10-33/h4-5,12-14,17,32,34-35H,3,6-11,15-16H2,1-2H3. The average Bonchev–Trinajstić information content (AvgIpc) is 3.34. The molecule has 1 saturated heterocycles. The minimum Gasteiger partial charge on any atom is -0.493 e. The van der Waals surface area contributed by atoms with Gasteiger partial charge in [-0.2, -0.15) is 0 Å². The van der Waals surface area contributed by atoms with Gasteiger partial charge in [-0.1, -0.05) is 0 Å². The lowest BCUT2D eigenvalue weighted by molar-refractivity contribution is -0.00210. The number of fused-ring (bicyclic) bond motifs is 2. The topological polar surface area (TPSA) is 113 Å². The summed E-state index contributed by atoms with van der Waals surface area (Å²) in [5.41, 5.74) is 1.80. The van der Waals surface area contributed by atoms with Crippen LogP contribution in [0.3, 0.4) is 0 Å². The minimum absolute atomic E-state index is 0.0231. The number of hydrogen-bond acceptors (Lipinski definition) is 8. The first-order valence-corrected chi connectivity index (χ1v) is 12.8. The maximum Gasteiger partial charge on any atom is 0.230 e. The molecule has 0 unspecified atom stereocenters. The second-order valence-electron chi connectivity index (χ2n) is 9.95. The van der Waals surface area contributed by atoms with Crippen LogP contribution in [0, 0.1) is 18.2 Å². The number of likely N-dealkylation sites (tertiary alicyclic amines) is 1. The highest BCUT2D eigenvalue weighted by Gasteiger charge is 2.33. The van der Waals surface area contributed by atoms with Gasteiger partial charge in [-0.25, -0.2) is 14.4 Å². The molecular formula is C28H33FN4O5. The summed E-state index contributed by atoms with van der Waals surface area (Å²) in [6, 6.07) is 8.60. The van der Waals surface area contributed by atoms with Gasteiger partial charge in [0.1, 0.15) is 6.33 Å². The number of aryl methyl sites for hydroxylation is 1. The van der Waals surface area contributed by atoms with Crippen LogP contribution in [0.4, 0.5) is 4.39 Å². The molecule has 0 amide bonds. The second kappa shape index (κ2) is 11.1. The fourth-order valence-corrected chi connectivity index (χ4v) is 4.95. The monoisotopic (exact) mass is 524 g/mol. The van der Waals surface area contributed by atoms with Crippen molar-refractivity contribution in [3.63, 3.8) is 0 Å². The van der Waals surface area contributed by atoms with Crippen LogP contribution in [-0.2, 0) is 0 Å². The van der Waals surface area contributed by atoms with Crippen molar-refractivity contribution in [1.82, 2.24) is 19.9 Å². The van der Waals surface area contributed by atoms with Gasteiger partial charge in [0.05, 0.1) is 37.8 Å². The molecule has 9 nitrogen and oxygen atoms in total. The quantitative estimate of drug-likeness (QED) is 0.265. The number of nitrogens with zero attached hydrogens (tertiary/aromatic N) is 3. The summed E-state index contributed by atoms with van der Waals surface area (Å²) in [7, 11) is 1.56. The molecule has 0 radical (unpaired) electrons. The highest BCUT2D eigenvalue weighted by molar-refractivity contribution is 5.87. The maximum atomic E-state index is 15.1. The minimum atomic E-state index is -0.461. The summed E-state index contributed by atoms with van der Waals surface area (Å²) in [6.45, 7) is 4.95. The third-order valence-electron chi connectivity index (χ3n) is 7.39. The number of aromatic amines is 1. The third-order valence-corrected chi connectivity index (χ3v) is 7.39. The van der Waals surface area contributed by atoms with Crippen LogP contribution in [0.1, 0.15) is 25.0 Å². The molecule has 3 heterocycles. The molecule has 3 N–H and O–H groups in total. The Bertz CT molecular complexity index is 1410. The molecule has 202 valence electrons. The normalized spacial score (nSPS) is 15.7. The molecule has 1 aliphatic rings. The lowest BCUT2D eigenvalue weighted by Crippen LogP contribution is -2.44. The Hall–Kier alpha value is -3.47. The van der Waals surface area contributed by atoms with Crippen LogP contribution in [0.5, 0.6) is 23.1 Å². The van der Waals surface area contributed by atoms with Crippen LogP contribution >= 0.6 is 0 Å². The summed E-state index contributed by atoms with van der Waals surface area (Å²) in [4.78, 5) is 14.0. The number of aliphatic hydroxyl groups is 2. The first-order chi connectivity index (χ1) is 18.4. The molecule has 38 heavy (non-hydrogen) atoms. The molecule has 0 spiro atoms. The van der Waals surface area contributed by atoms with Crippen LogP contribution in [0.25, 0.3) is 21.8 Å². The Balaban J connectivity index is 1.26. The zero-order valence-corrected chi connectivity index (χ0v) is 21.7. The van der Waals surface area contributed by atoms with Gasteiger partial charge in [0.2, 0.25) is 5.88 Å². The summed E-state index contributed by atoms with van der Waals surface area (Å²) in [5, 5.41) is 20.2. The number of piperidine rings is 1. The SMILES string of the molecule is COc1cc2c(Oc3ccc4[nH]c(C)cc4c3F)ncnc2cc1OCCCN1CCC(CO)(CO)CC1. The Labute approximate surface area is 220 Å². The third kappa shape index (κ3) is 5.24. The molecule has 1 fully saturated rings. The van der Waals surface area contributed by atoms with Crippen molar-refractivity contribution in [1.29, 1.82) is 0 Å². The van der Waals surface area contributed by atoms with E-state index in [9.17, 15) is 10.2 Å². The number of aromatic nitrogens is 3. The molecule has 4 aromatic rings. The van der Waals surface area contributed by atoms with E-state index in [0.717, 1.165) is 44.6 Å². The van der Waals surface area contributed by atoms with E-state index in [4.69, 9.17) is 14.2 Å². The second-order valence-corrected chi connectivity index (χ2v) is 9.95. The summed E-state index contributed by atoms with van der Waals surface area (Å²) in [5.74, 6) is 0.889. The van der Waals surface area contributed by atoms with Crippen molar-refractivity contribution in [3.8, 4) is 23.1 Å². The molecule has 2 aromatic carbocycles. The highest BCUT2D eigenvalue weighted by Crippen LogP contribution is 2.37. The van der Waals surface area contributed by atoms with E-state index < -0.39 is 5.82 Å². The predicted octanol–water partition coefficient (Wildman–Crippen LogP) is 4.20. The highest BCUT2D eigenvalue weighted by atomic mass is 19.1. The Kier molecular flexibility index (Phi) is 7.64. The summed E-state index contributed by atoms with van der Waals surface area (Å²) < 4.78 is 32.6. The number of rotatable bonds is 10. The van der Waals surface area contributed by atoms with Gasteiger partial charge in [-0.05, 0) is 63.5 Å². The Morgan fingerprint density at radius 1 is 1.03 bits per heavy atom. The number of ether oxygens (including phenoxy) is 3. The van der Waals surface area contributed by atoms with Crippen LogP contribution in [0.15, 0.2) is 36.7 Å². The van der Waals surface area contributed by atoms with Crippen molar-refractivity contribution in [2.24, 2.45) is 5.41 Å². The average molecular weight is 525 g/mol. The molecule has 0 bridgehead atoms. The number of methoxy groups -OCH3 is 1. The maximum absolute atomic E-state index is 15.1. The number of nitrogens with one attached hydrogen (secondary N) is 1. The van der Waals surface area contributed by atoms with Gasteiger partial charge in [-0.3, -0.25) is 0 Å². The number of benzene rings is 2. The molecule has 0 aliphatic carbocycles. The lowest BCUT2D eigenvalue weighted by Gasteiger charge is -2.39. The van der Waals surface area contributed by atoms with E-state index in [1.165, 1.54) is 6.33 Å². The van der Waals surface area contributed by atoms with Gasteiger partial charge in [-0.15, -0.1) is 0 Å². The number of halogens is 1. The largest absolute Gasteiger partial charge is 0.493 e. The first-order valence-electron chi connectivity index (χ1n) is 12.8. The fraction of sp³-hybridized carbons (Fsp3) is 0.429. The molecular weight excluding hydrogens is 491 g/mol. The van der Waals surface area contributed by atoms with Gasteiger partial charge < -0.3 is 34.3 Å². The van der Waals surface area contributed by atoms with E-state index >= 15 is 4.39 Å². The van der Waals surface area contributed by atoms with Crippen molar-refractivity contribution >= 4 is 21.8 Å². The zero-order valence-electron chi connectivity index (χ0n) is 21.7. The number of H-pyrrole nitrogens is 1. The van der Waals surface area contributed by atoms with Crippen LogP contribution in [0.2, 0.25) is 0 Å². The van der Waals surface area contributed by atoms with E-state index in [0.29, 0.717) is 39.9 Å². The van der Waals surface area contributed by atoms with Gasteiger partial charge >= 0.3 is 0 Å². The predicted molar refractivity (Wildman–Crippen MR) is 142 cm³/mol. The van der Waals surface area contributed by atoms with E-state index in [2.05, 4.69) is 19.9 Å². The number of hydrogen-bond donors (Lipinski definition) is 3. The fourth-order valence-electron chi connectivity index (χ4n) is 4.95. The Morgan fingerprint density at radius 3 is 2.55 bits per heavy atom. The zero-order chi connectivity index (χ0) is 26.7. The lowest BCUT2D eigenvalue weighted by atomic mass is 9.80. The molecule has 5 rings (SSSR count). The summed E-state index contributed by atoms with van der Waals surface area (Å²) in [6.07, 6.45) is 3.75. The molecule has 10 heteroatoms. The van der Waals surface area contributed by atoms with Crippen molar-refractivity contribution in [2.75, 3.05) is 46.6 Å². The number of aliphatic hydroxyl groups excluding tert-OH is 2. The summed E-state index contributed by atoms with van der Waals surface area (Å²) >= 11 is 0. The van der Waals surface area contributed by atoms with Gasteiger partial charge in [0.25, 0.3) is 0 Å². The molecule has 1 aliphatic heterocycles. The van der Waals surface area contributed by atoms with E-state index in [1.54, 1.807) is 37.4 Å². The van der Waals surface area contributed by atoms with E-state index in [1.807, 2.05) is 6.92 Å².